The maximum Gasteiger partial charge on any atom is 0.256 e. The van der Waals surface area contributed by atoms with Gasteiger partial charge < -0.3 is 20.5 Å². The molecule has 0 bridgehead atoms. The number of carbonyl (C=O) groups excluding carboxylic acids is 2. The lowest BCUT2D eigenvalue weighted by Crippen LogP contribution is -2.33. The minimum atomic E-state index is -0.147. The van der Waals surface area contributed by atoms with E-state index in [4.69, 9.17) is 0 Å². The van der Waals surface area contributed by atoms with E-state index in [-0.39, 0.29) is 11.8 Å². The number of carbonyl (C=O) groups is 2. The summed E-state index contributed by atoms with van der Waals surface area (Å²) in [5.74, 6) is -0.225. The minimum absolute atomic E-state index is 0.0776. The molecule has 3 heterocycles. The van der Waals surface area contributed by atoms with Crippen molar-refractivity contribution in [3.63, 3.8) is 0 Å². The molecule has 0 aliphatic carbocycles. The molecule has 3 N–H and O–H groups in total. The highest BCUT2D eigenvalue weighted by atomic mass is 79.9. The van der Waals surface area contributed by atoms with E-state index in [0.717, 1.165) is 63.4 Å². The van der Waals surface area contributed by atoms with Crippen LogP contribution in [0.15, 0.2) is 46.9 Å². The second kappa shape index (κ2) is 9.84. The van der Waals surface area contributed by atoms with Crippen molar-refractivity contribution in [2.45, 2.75) is 26.7 Å². The van der Waals surface area contributed by atoms with Crippen LogP contribution in [0.1, 0.15) is 45.7 Å². The molecule has 3 aromatic rings. The molecule has 1 saturated heterocycles. The number of aromatic amines is 1. The van der Waals surface area contributed by atoms with Gasteiger partial charge in [-0.3, -0.25) is 9.59 Å². The summed E-state index contributed by atoms with van der Waals surface area (Å²) in [6.45, 7) is 7.56. The van der Waals surface area contributed by atoms with Crippen LogP contribution in [0.4, 0.5) is 5.69 Å². The second-order valence-electron chi connectivity index (χ2n) is 9.22. The molecule has 6 nitrogen and oxygen atoms in total. The molecule has 35 heavy (non-hydrogen) atoms. The first-order chi connectivity index (χ1) is 16.9. The first-order valence-electron chi connectivity index (χ1n) is 12.0. The molecular weight excluding hydrogens is 504 g/mol. The average Bonchev–Trinajstić information content (AvgIpc) is 3.52. The fraction of sp³-hybridized carbons (Fsp3) is 0.286. The quantitative estimate of drug-likeness (QED) is 0.373. The molecule has 2 amide bonds. The fourth-order valence-corrected chi connectivity index (χ4v) is 5.51. The van der Waals surface area contributed by atoms with Gasteiger partial charge in [-0.05, 0) is 80.7 Å². The number of halogens is 1. The summed E-state index contributed by atoms with van der Waals surface area (Å²) in [6.07, 6.45) is 4.34. The molecular formula is C28H29BrN4O2. The number of aromatic nitrogens is 1. The molecule has 0 unspecified atom stereocenters. The smallest absolute Gasteiger partial charge is 0.256 e. The normalized spacial score (nSPS) is 16.5. The van der Waals surface area contributed by atoms with Gasteiger partial charge in [0.15, 0.2) is 0 Å². The Kier molecular flexibility index (Phi) is 6.62. The van der Waals surface area contributed by atoms with Crippen molar-refractivity contribution in [1.29, 1.82) is 0 Å². The van der Waals surface area contributed by atoms with E-state index in [1.165, 1.54) is 12.8 Å². The van der Waals surface area contributed by atoms with Crippen LogP contribution in [0.5, 0.6) is 0 Å². The number of hydrogen-bond acceptors (Lipinski definition) is 3. The van der Waals surface area contributed by atoms with E-state index in [1.807, 2.05) is 62.4 Å². The van der Waals surface area contributed by atoms with Crippen LogP contribution in [-0.4, -0.2) is 47.9 Å². The summed E-state index contributed by atoms with van der Waals surface area (Å²) in [6, 6.07) is 13.9. The van der Waals surface area contributed by atoms with Gasteiger partial charge in [0, 0.05) is 40.2 Å². The number of fused-ring (bicyclic) bond motifs is 1. The van der Waals surface area contributed by atoms with E-state index in [9.17, 15) is 9.59 Å². The van der Waals surface area contributed by atoms with Crippen molar-refractivity contribution in [2.24, 2.45) is 0 Å². The summed E-state index contributed by atoms with van der Waals surface area (Å²) in [5, 5.41) is 6.06. The number of amides is 2. The summed E-state index contributed by atoms with van der Waals surface area (Å²) in [7, 11) is 0. The highest BCUT2D eigenvalue weighted by Gasteiger charge is 2.28. The summed E-state index contributed by atoms with van der Waals surface area (Å²) in [4.78, 5) is 31.7. The van der Waals surface area contributed by atoms with E-state index < -0.39 is 0 Å². The van der Waals surface area contributed by atoms with Crippen molar-refractivity contribution in [3.8, 4) is 11.1 Å². The molecule has 1 fully saturated rings. The number of likely N-dealkylation sites (tertiary alicyclic amines) is 1. The Morgan fingerprint density at radius 3 is 2.69 bits per heavy atom. The van der Waals surface area contributed by atoms with Crippen LogP contribution in [-0.2, 0) is 4.79 Å². The Bertz CT molecular complexity index is 1330. The van der Waals surface area contributed by atoms with E-state index in [1.54, 1.807) is 0 Å². The Hall–Kier alpha value is -3.16. The Balaban J connectivity index is 1.45. The topological polar surface area (TPSA) is 77.2 Å². The number of H-pyrrole nitrogens is 1. The van der Waals surface area contributed by atoms with E-state index >= 15 is 0 Å². The molecule has 7 heteroatoms. The number of nitrogens with zero attached hydrogens (tertiary/aromatic N) is 1. The Morgan fingerprint density at radius 1 is 1.14 bits per heavy atom. The van der Waals surface area contributed by atoms with Crippen LogP contribution in [0.25, 0.3) is 22.8 Å². The zero-order valence-electron chi connectivity index (χ0n) is 20.0. The van der Waals surface area contributed by atoms with Crippen LogP contribution < -0.4 is 10.6 Å². The van der Waals surface area contributed by atoms with Gasteiger partial charge in [-0.15, -0.1) is 0 Å². The lowest BCUT2D eigenvalue weighted by atomic mass is 9.94. The van der Waals surface area contributed by atoms with Gasteiger partial charge in [-0.1, -0.05) is 40.2 Å². The highest BCUT2D eigenvalue weighted by Crippen LogP contribution is 2.41. The number of hydrogen-bond donors (Lipinski definition) is 3. The predicted octanol–water partition coefficient (Wildman–Crippen LogP) is 5.38. The van der Waals surface area contributed by atoms with Crippen LogP contribution in [0.3, 0.4) is 0 Å². The molecule has 1 aromatic heterocycles. The standard InChI is InChI=1S/C28H29BrN4O2/c1-17-24(31-18(2)25(17)28(35)30-11-14-33-12-3-4-13-33)16-22-26-21(19-7-5-8-20(29)15-19)9-6-10-23(26)32-27(22)34/h5-10,15-16,31H,3-4,11-14H2,1-2H3,(H,30,35)(H,32,34)/b22-16-. The van der Waals surface area contributed by atoms with Gasteiger partial charge in [-0.25, -0.2) is 0 Å². The number of rotatable bonds is 6. The lowest BCUT2D eigenvalue weighted by Gasteiger charge is -2.14. The van der Waals surface area contributed by atoms with Crippen LogP contribution >= 0.6 is 15.9 Å². The largest absolute Gasteiger partial charge is 0.358 e. The molecule has 5 rings (SSSR count). The lowest BCUT2D eigenvalue weighted by molar-refractivity contribution is -0.110. The van der Waals surface area contributed by atoms with E-state index in [0.29, 0.717) is 17.7 Å². The highest BCUT2D eigenvalue weighted by molar-refractivity contribution is 9.10. The maximum absolute atomic E-state index is 13.0. The van der Waals surface area contributed by atoms with Gasteiger partial charge in [0.25, 0.3) is 11.8 Å². The van der Waals surface area contributed by atoms with Crippen molar-refractivity contribution in [1.82, 2.24) is 15.2 Å². The molecule has 0 atom stereocenters. The number of aryl methyl sites for hydroxylation is 1. The average molecular weight is 533 g/mol. The van der Waals surface area contributed by atoms with E-state index in [2.05, 4.69) is 36.4 Å². The third-order valence-electron chi connectivity index (χ3n) is 6.87. The first kappa shape index (κ1) is 23.6. The molecule has 0 spiro atoms. The summed E-state index contributed by atoms with van der Waals surface area (Å²) >= 11 is 3.55. The number of nitrogens with one attached hydrogen (secondary N) is 3. The SMILES string of the molecule is Cc1[nH]c(/C=C2\C(=O)Nc3cccc(-c4cccc(Br)c4)c32)c(C)c1C(=O)NCCN1CCCC1. The second-order valence-corrected chi connectivity index (χ2v) is 10.1. The summed E-state index contributed by atoms with van der Waals surface area (Å²) < 4.78 is 0.978. The first-order valence-corrected chi connectivity index (χ1v) is 12.8. The molecule has 2 aromatic carbocycles. The van der Waals surface area contributed by atoms with Crippen molar-refractivity contribution >= 4 is 45.1 Å². The van der Waals surface area contributed by atoms with Gasteiger partial charge in [0.2, 0.25) is 0 Å². The molecule has 180 valence electrons. The molecule has 2 aliphatic rings. The summed E-state index contributed by atoms with van der Waals surface area (Å²) in [5.41, 5.74) is 7.32. The van der Waals surface area contributed by atoms with Crippen LogP contribution in [0, 0.1) is 13.8 Å². The number of benzene rings is 2. The molecule has 2 aliphatic heterocycles. The van der Waals surface area contributed by atoms with Gasteiger partial charge >= 0.3 is 0 Å². The fourth-order valence-electron chi connectivity index (χ4n) is 5.11. The van der Waals surface area contributed by atoms with Gasteiger partial charge in [0.1, 0.15) is 0 Å². The van der Waals surface area contributed by atoms with Crippen molar-refractivity contribution < 1.29 is 9.59 Å². The maximum atomic E-state index is 13.0. The third-order valence-corrected chi connectivity index (χ3v) is 7.36. The minimum Gasteiger partial charge on any atom is -0.358 e. The monoisotopic (exact) mass is 532 g/mol. The number of anilines is 1. The zero-order valence-corrected chi connectivity index (χ0v) is 21.6. The predicted molar refractivity (Wildman–Crippen MR) is 144 cm³/mol. The Morgan fingerprint density at radius 2 is 1.91 bits per heavy atom. The Labute approximate surface area is 213 Å². The zero-order chi connectivity index (χ0) is 24.5. The van der Waals surface area contributed by atoms with Crippen molar-refractivity contribution in [3.05, 3.63) is 75.0 Å². The van der Waals surface area contributed by atoms with Gasteiger partial charge in [-0.2, -0.15) is 0 Å². The van der Waals surface area contributed by atoms with Gasteiger partial charge in [0.05, 0.1) is 11.1 Å². The molecule has 0 saturated carbocycles. The third kappa shape index (κ3) is 4.70. The van der Waals surface area contributed by atoms with Crippen molar-refractivity contribution in [2.75, 3.05) is 31.5 Å². The van der Waals surface area contributed by atoms with Crippen LogP contribution in [0.2, 0.25) is 0 Å². The molecule has 0 radical (unpaired) electrons.